The van der Waals surface area contributed by atoms with Gasteiger partial charge in [0, 0.05) is 22.0 Å². The summed E-state index contributed by atoms with van der Waals surface area (Å²) in [4.78, 5) is 6.40. The lowest BCUT2D eigenvalue weighted by atomic mass is 10.0. The maximum Gasteiger partial charge on any atom is 0.229 e. The van der Waals surface area contributed by atoms with Crippen molar-refractivity contribution in [2.75, 3.05) is 15.9 Å². The molecule has 1 fully saturated rings. The number of halogens is 2. The Morgan fingerprint density at radius 1 is 1.11 bits per heavy atom. The van der Waals surface area contributed by atoms with Crippen LogP contribution in [0.5, 0.6) is 0 Å². The van der Waals surface area contributed by atoms with Crippen LogP contribution in [0, 0.1) is 5.82 Å². The van der Waals surface area contributed by atoms with Crippen LogP contribution in [0.3, 0.4) is 0 Å². The topological polar surface area (TPSA) is 87.5 Å². The Kier molecular flexibility index (Phi) is 6.54. The summed E-state index contributed by atoms with van der Waals surface area (Å²) in [5, 5.41) is 3.78. The van der Waals surface area contributed by atoms with Crippen LogP contribution in [0.15, 0.2) is 87.9 Å². The van der Waals surface area contributed by atoms with Gasteiger partial charge in [-0.15, -0.1) is 0 Å². The van der Waals surface area contributed by atoms with Gasteiger partial charge < -0.3 is 14.6 Å². The number of furan rings is 1. The average Bonchev–Trinajstić information content (AvgIpc) is 3.44. The minimum atomic E-state index is -3.41. The molecule has 1 aliphatic rings. The largest absolute Gasteiger partial charge is 0.459 e. The van der Waals surface area contributed by atoms with Crippen molar-refractivity contribution in [1.29, 1.82) is 0 Å². The molecule has 0 aliphatic carbocycles. The molecule has 2 atom stereocenters. The molecule has 0 saturated carbocycles. The lowest BCUT2D eigenvalue weighted by molar-refractivity contribution is 0.438. The average molecular weight is 587 g/mol. The van der Waals surface area contributed by atoms with E-state index in [1.807, 2.05) is 23.1 Å². The fourth-order valence-electron chi connectivity index (χ4n) is 4.17. The summed E-state index contributed by atoms with van der Waals surface area (Å²) < 4.78 is 47.1. The van der Waals surface area contributed by atoms with E-state index in [9.17, 15) is 12.8 Å². The molecule has 5 rings (SSSR count). The van der Waals surface area contributed by atoms with Gasteiger partial charge in [-0.2, -0.15) is 0 Å². The molecule has 36 heavy (non-hydrogen) atoms. The number of hydrogen-bond donors (Lipinski definition) is 2. The summed E-state index contributed by atoms with van der Waals surface area (Å²) in [5.74, 6) is 0.548. The fraction of sp³-hybridized carbons (Fsp3) is 0.120. The monoisotopic (exact) mass is 586 g/mol. The van der Waals surface area contributed by atoms with E-state index in [0.717, 1.165) is 17.6 Å². The molecule has 3 heterocycles. The molecule has 2 N–H and O–H groups in total. The lowest BCUT2D eigenvalue weighted by Gasteiger charge is -2.26. The van der Waals surface area contributed by atoms with Crippen LogP contribution in [0.25, 0.3) is 11.3 Å². The van der Waals surface area contributed by atoms with E-state index in [1.165, 1.54) is 6.07 Å². The molecule has 2 aromatic heterocycles. The van der Waals surface area contributed by atoms with E-state index < -0.39 is 21.9 Å². The molecular weight excluding hydrogens is 567 g/mol. The highest BCUT2D eigenvalue weighted by atomic mass is 79.9. The normalized spacial score (nSPS) is 17.8. The maximum absolute atomic E-state index is 14.6. The summed E-state index contributed by atoms with van der Waals surface area (Å²) in [7, 11) is -3.41. The van der Waals surface area contributed by atoms with Crippen molar-refractivity contribution < 1.29 is 17.2 Å². The van der Waals surface area contributed by atoms with E-state index in [-0.39, 0.29) is 6.04 Å². The molecule has 4 aromatic rings. The van der Waals surface area contributed by atoms with E-state index in [0.29, 0.717) is 32.4 Å². The van der Waals surface area contributed by atoms with Crippen LogP contribution in [0.4, 0.5) is 15.8 Å². The van der Waals surface area contributed by atoms with Gasteiger partial charge in [0.25, 0.3) is 0 Å². The van der Waals surface area contributed by atoms with Crippen molar-refractivity contribution in [2.45, 2.75) is 12.1 Å². The highest BCUT2D eigenvalue weighted by Gasteiger charge is 2.42. The van der Waals surface area contributed by atoms with Crippen molar-refractivity contribution in [3.05, 3.63) is 101 Å². The molecule has 0 unspecified atom stereocenters. The van der Waals surface area contributed by atoms with E-state index >= 15 is 0 Å². The Labute approximate surface area is 221 Å². The number of sulfonamides is 1. The Morgan fingerprint density at radius 3 is 2.56 bits per heavy atom. The molecule has 0 amide bonds. The first-order valence-corrected chi connectivity index (χ1v) is 13.9. The molecule has 7 nitrogen and oxygen atoms in total. The second kappa shape index (κ2) is 9.64. The SMILES string of the molecule is CS(=O)(=O)Nc1ccc(N2C(=S)N[C@@H](c3ccccn3)[C@H]2c2ccc(-c3ccc(Br)cc3F)o2)cc1. The zero-order valence-electron chi connectivity index (χ0n) is 18.9. The minimum absolute atomic E-state index is 0.343. The Balaban J connectivity index is 1.56. The standard InChI is InChI=1S/C25H20BrFN4O3S2/c1-36(32,33)30-16-6-8-17(9-7-16)31-24(23(29-25(31)35)20-4-2-3-13-28-20)22-12-11-21(34-22)18-10-5-15(26)14-19(18)27/h2-14,23-24,30H,1H3,(H,29,35)/t23-,24+/m0/s1. The smallest absolute Gasteiger partial charge is 0.229 e. The van der Waals surface area contributed by atoms with Crippen LogP contribution in [0.1, 0.15) is 23.5 Å². The second-order valence-electron chi connectivity index (χ2n) is 8.24. The molecular formula is C25H20BrFN4O3S2. The Morgan fingerprint density at radius 2 is 1.89 bits per heavy atom. The van der Waals surface area contributed by atoms with E-state index in [2.05, 4.69) is 31.0 Å². The highest BCUT2D eigenvalue weighted by Crippen LogP contribution is 2.43. The number of rotatable bonds is 6. The molecule has 11 heteroatoms. The van der Waals surface area contributed by atoms with Crippen LogP contribution in [-0.4, -0.2) is 24.8 Å². The van der Waals surface area contributed by atoms with Gasteiger partial charge in [-0.05, 0) is 78.9 Å². The van der Waals surface area contributed by atoms with Crippen LogP contribution in [-0.2, 0) is 10.0 Å². The Hall–Kier alpha value is -3.28. The number of nitrogens with zero attached hydrogens (tertiary/aromatic N) is 2. The molecule has 0 radical (unpaired) electrons. The number of anilines is 2. The van der Waals surface area contributed by atoms with Gasteiger partial charge in [-0.25, -0.2) is 12.8 Å². The first-order chi connectivity index (χ1) is 17.2. The van der Waals surface area contributed by atoms with Gasteiger partial charge in [0.15, 0.2) is 5.11 Å². The van der Waals surface area contributed by atoms with Gasteiger partial charge in [0.05, 0.1) is 23.6 Å². The number of hydrogen-bond acceptors (Lipinski definition) is 5. The first-order valence-electron chi connectivity index (χ1n) is 10.8. The van der Waals surface area contributed by atoms with Crippen molar-refractivity contribution in [3.63, 3.8) is 0 Å². The van der Waals surface area contributed by atoms with Crippen molar-refractivity contribution >= 4 is 54.7 Å². The molecule has 1 aliphatic heterocycles. The van der Waals surface area contributed by atoms with Crippen molar-refractivity contribution in [2.24, 2.45) is 0 Å². The highest BCUT2D eigenvalue weighted by molar-refractivity contribution is 9.10. The first kappa shape index (κ1) is 24.4. The minimum Gasteiger partial charge on any atom is -0.459 e. The van der Waals surface area contributed by atoms with Gasteiger partial charge in [-0.1, -0.05) is 22.0 Å². The third-order valence-corrected chi connectivity index (χ3v) is 7.08. The third-order valence-electron chi connectivity index (χ3n) is 5.66. The lowest BCUT2D eigenvalue weighted by Crippen LogP contribution is -2.29. The van der Waals surface area contributed by atoms with Crippen LogP contribution in [0.2, 0.25) is 0 Å². The predicted octanol–water partition coefficient (Wildman–Crippen LogP) is 5.79. The quantitative estimate of drug-likeness (QED) is 0.276. The molecule has 184 valence electrons. The van der Waals surface area contributed by atoms with Gasteiger partial charge >= 0.3 is 0 Å². The number of benzene rings is 2. The van der Waals surface area contributed by atoms with Gasteiger partial charge in [0.2, 0.25) is 10.0 Å². The maximum atomic E-state index is 14.6. The fourth-order valence-corrected chi connectivity index (χ4v) is 5.42. The van der Waals surface area contributed by atoms with Gasteiger partial charge in [-0.3, -0.25) is 9.71 Å². The summed E-state index contributed by atoms with van der Waals surface area (Å²) in [6.07, 6.45) is 2.80. The summed E-state index contributed by atoms with van der Waals surface area (Å²) in [5.41, 5.74) is 2.26. The number of nitrogens with one attached hydrogen (secondary N) is 2. The van der Waals surface area contributed by atoms with Crippen molar-refractivity contribution in [1.82, 2.24) is 10.3 Å². The number of pyridine rings is 1. The zero-order valence-corrected chi connectivity index (χ0v) is 22.1. The molecule has 0 bridgehead atoms. The van der Waals surface area contributed by atoms with Crippen LogP contribution >= 0.6 is 28.1 Å². The molecule has 0 spiro atoms. The number of aromatic nitrogens is 1. The molecule has 2 aromatic carbocycles. The zero-order chi connectivity index (χ0) is 25.4. The summed E-state index contributed by atoms with van der Waals surface area (Å²) in [6.45, 7) is 0. The predicted molar refractivity (Wildman–Crippen MR) is 145 cm³/mol. The third kappa shape index (κ3) is 4.99. The number of thiocarbonyl (C=S) groups is 1. The summed E-state index contributed by atoms with van der Waals surface area (Å²) in [6, 6.07) is 20.0. The van der Waals surface area contributed by atoms with E-state index in [4.69, 9.17) is 16.6 Å². The van der Waals surface area contributed by atoms with E-state index in [1.54, 1.807) is 54.7 Å². The van der Waals surface area contributed by atoms with Gasteiger partial charge in [0.1, 0.15) is 23.4 Å². The van der Waals surface area contributed by atoms with Crippen molar-refractivity contribution in [3.8, 4) is 11.3 Å². The second-order valence-corrected chi connectivity index (χ2v) is 11.3. The van der Waals surface area contributed by atoms with Crippen LogP contribution < -0.4 is 14.9 Å². The summed E-state index contributed by atoms with van der Waals surface area (Å²) >= 11 is 8.98. The molecule has 1 saturated heterocycles. The Bertz CT molecular complexity index is 1530.